The Bertz CT molecular complexity index is 394. The second-order valence-electron chi connectivity index (χ2n) is 2.65. The van der Waals surface area contributed by atoms with Gasteiger partial charge in [0.1, 0.15) is 0 Å². The molecule has 0 saturated heterocycles. The number of benzene rings is 1. The van der Waals surface area contributed by atoms with Gasteiger partial charge in [-0.25, -0.2) is 0 Å². The van der Waals surface area contributed by atoms with Gasteiger partial charge in [0.15, 0.2) is 0 Å². The molecule has 0 bridgehead atoms. The molecule has 0 amide bonds. The number of nitrogens with one attached hydrogen (secondary N) is 1. The maximum absolute atomic E-state index is 7.47. The number of aryl methyl sites for hydroxylation is 2. The van der Waals surface area contributed by atoms with E-state index in [1.54, 1.807) is 0 Å². The van der Waals surface area contributed by atoms with E-state index in [0.717, 1.165) is 0 Å². The molecule has 0 aliphatic rings. The Balaban J connectivity index is 3.25. The lowest BCUT2D eigenvalue weighted by atomic mass is 10.1. The van der Waals surface area contributed by atoms with Crippen LogP contribution < -0.4 is 5.32 Å². The highest BCUT2D eigenvalue weighted by Gasteiger charge is 1.99. The first-order valence-electron chi connectivity index (χ1n) is 7.04. The van der Waals surface area contributed by atoms with Crippen molar-refractivity contribution >= 4 is 5.69 Å². The number of methoxy groups -OCH3 is 1. The molecule has 2 nitrogen and oxygen atoms in total. The maximum atomic E-state index is 7.47. The number of para-hydroxylation sites is 1. The largest absolute Gasteiger partial charge is 0.383 e. The van der Waals surface area contributed by atoms with Crippen molar-refractivity contribution in [3.8, 4) is 0 Å². The first-order chi connectivity index (χ1) is 8.68. The van der Waals surface area contributed by atoms with Crippen LogP contribution in [0, 0.1) is 13.7 Å². The number of ether oxygens (including phenoxy) is 1. The van der Waals surface area contributed by atoms with Crippen molar-refractivity contribution in [2.45, 2.75) is 13.7 Å². The fraction of sp³-hybridized carbons (Fsp3) is 0.455. The van der Waals surface area contributed by atoms with Crippen LogP contribution in [0.2, 0.25) is 0 Å². The lowest BCUT2D eigenvalue weighted by Crippen LogP contribution is -2.09. The average molecular weight is 185 g/mol. The number of anilines is 1. The second-order valence-corrected chi connectivity index (χ2v) is 2.65. The maximum Gasteiger partial charge on any atom is 0.0635 e. The molecule has 0 heterocycles. The molecule has 0 aliphatic heterocycles. The van der Waals surface area contributed by atoms with Crippen molar-refractivity contribution in [3.05, 3.63) is 29.3 Å². The Morgan fingerprint density at radius 1 is 1.38 bits per heavy atom. The van der Waals surface area contributed by atoms with E-state index in [1.807, 2.05) is 0 Å². The quantitative estimate of drug-likeness (QED) is 0.727. The van der Waals surface area contributed by atoms with Gasteiger partial charge in [-0.05, 0) is 24.8 Å². The molecule has 13 heavy (non-hydrogen) atoms. The Labute approximate surface area is 88.3 Å². The minimum absolute atomic E-state index is 0.0113. The third-order valence-corrected chi connectivity index (χ3v) is 1.67. The van der Waals surface area contributed by atoms with Crippen LogP contribution in [0.4, 0.5) is 5.69 Å². The van der Waals surface area contributed by atoms with E-state index < -0.39 is 13.7 Å². The Morgan fingerprint density at radius 3 is 2.62 bits per heavy atom. The minimum Gasteiger partial charge on any atom is -0.383 e. The molecular formula is C11H17NO. The van der Waals surface area contributed by atoms with Crippen molar-refractivity contribution in [3.63, 3.8) is 0 Å². The first kappa shape index (κ1) is 4.47. The van der Waals surface area contributed by atoms with Gasteiger partial charge in [0.25, 0.3) is 0 Å². The number of hydrogen-bond donors (Lipinski definition) is 1. The summed E-state index contributed by atoms with van der Waals surface area (Å²) in [7, 11) is 1.52. The van der Waals surface area contributed by atoms with Gasteiger partial charge in [-0.15, -0.1) is 0 Å². The summed E-state index contributed by atoms with van der Waals surface area (Å²) in [6, 6.07) is 4.28. The normalized spacial score (nSPS) is 18.8. The average Bonchev–Trinajstić information content (AvgIpc) is 2.26. The molecule has 0 spiro atoms. The van der Waals surface area contributed by atoms with Crippen LogP contribution in [-0.4, -0.2) is 20.3 Å². The van der Waals surface area contributed by atoms with Crippen molar-refractivity contribution < 1.29 is 13.0 Å². The van der Waals surface area contributed by atoms with Gasteiger partial charge in [-0.3, -0.25) is 0 Å². The molecule has 1 aromatic rings. The third-order valence-electron chi connectivity index (χ3n) is 1.67. The number of hydrogen-bond acceptors (Lipinski definition) is 2. The predicted octanol–water partition coefficient (Wildman–Crippen LogP) is 2.36. The molecule has 1 N–H and O–H groups in total. The van der Waals surface area contributed by atoms with Crippen LogP contribution in [0.5, 0.6) is 0 Å². The van der Waals surface area contributed by atoms with E-state index in [2.05, 4.69) is 5.32 Å². The van der Waals surface area contributed by atoms with Crippen molar-refractivity contribution in [2.75, 3.05) is 25.6 Å². The van der Waals surface area contributed by atoms with Crippen molar-refractivity contribution in [2.24, 2.45) is 0 Å². The highest BCUT2D eigenvalue weighted by Crippen LogP contribution is 2.18. The summed E-state index contributed by atoms with van der Waals surface area (Å²) in [5, 5.41) is 2.85. The standard InChI is InChI=1S/C11H17NO/c1-9-5-4-6-10(2)11(9)12-7-8-13-3/h4-6,12H,7-8H2,1-3H3/i1D3,2D3. The van der Waals surface area contributed by atoms with E-state index in [9.17, 15) is 0 Å². The van der Waals surface area contributed by atoms with Crippen molar-refractivity contribution in [1.29, 1.82) is 0 Å². The molecule has 0 aliphatic carbocycles. The zero-order chi connectivity index (χ0) is 14.7. The van der Waals surface area contributed by atoms with E-state index >= 15 is 0 Å². The van der Waals surface area contributed by atoms with Crippen LogP contribution >= 0.6 is 0 Å². The van der Waals surface area contributed by atoms with Crippen LogP contribution in [0.15, 0.2) is 18.2 Å². The summed E-state index contributed by atoms with van der Waals surface area (Å²) in [4.78, 5) is 0. The zero-order valence-electron chi connectivity index (χ0n) is 13.6. The van der Waals surface area contributed by atoms with Gasteiger partial charge in [-0.1, -0.05) is 18.2 Å². The SMILES string of the molecule is [2H]C([2H])([2H])c1cccc(C([2H])([2H])[2H])c1NCCOC. The molecule has 0 atom stereocenters. The first-order valence-corrected chi connectivity index (χ1v) is 4.04. The summed E-state index contributed by atoms with van der Waals surface area (Å²) in [5.41, 5.74) is 0.175. The Kier molecular flexibility index (Phi) is 1.67. The van der Waals surface area contributed by atoms with Gasteiger partial charge in [0.05, 0.1) is 6.61 Å². The molecule has 0 unspecified atom stereocenters. The summed E-state index contributed by atoms with van der Waals surface area (Å²) in [6.07, 6.45) is 0. The van der Waals surface area contributed by atoms with Crippen molar-refractivity contribution in [1.82, 2.24) is 0 Å². The van der Waals surface area contributed by atoms with Gasteiger partial charge in [-0.2, -0.15) is 0 Å². The van der Waals surface area contributed by atoms with Gasteiger partial charge < -0.3 is 10.1 Å². The van der Waals surface area contributed by atoms with Crippen LogP contribution in [0.1, 0.15) is 19.4 Å². The molecule has 2 heteroatoms. The molecule has 0 aromatic heterocycles. The monoisotopic (exact) mass is 185 g/mol. The van der Waals surface area contributed by atoms with Crippen LogP contribution in [0.3, 0.4) is 0 Å². The fourth-order valence-corrected chi connectivity index (χ4v) is 1.02. The number of rotatable bonds is 4. The lowest BCUT2D eigenvalue weighted by molar-refractivity contribution is 0.211. The van der Waals surface area contributed by atoms with E-state index in [-0.39, 0.29) is 16.8 Å². The third kappa shape index (κ3) is 2.74. The van der Waals surface area contributed by atoms with Gasteiger partial charge in [0, 0.05) is 27.6 Å². The molecule has 0 fully saturated rings. The molecule has 1 aromatic carbocycles. The smallest absolute Gasteiger partial charge is 0.0635 e. The van der Waals surface area contributed by atoms with Crippen LogP contribution in [0.25, 0.3) is 0 Å². The highest BCUT2D eigenvalue weighted by atomic mass is 16.5. The van der Waals surface area contributed by atoms with Gasteiger partial charge in [0.2, 0.25) is 0 Å². The molecule has 0 radical (unpaired) electrons. The predicted molar refractivity (Wildman–Crippen MR) is 56.3 cm³/mol. The van der Waals surface area contributed by atoms with Gasteiger partial charge >= 0.3 is 0 Å². The van der Waals surface area contributed by atoms with E-state index in [4.69, 9.17) is 13.0 Å². The molecule has 0 saturated carbocycles. The second kappa shape index (κ2) is 4.87. The summed E-state index contributed by atoms with van der Waals surface area (Å²) in [5.74, 6) is 0. The lowest BCUT2D eigenvalue weighted by Gasteiger charge is -2.11. The summed E-state index contributed by atoms with van der Waals surface area (Å²) in [6.45, 7) is -4.03. The minimum atomic E-state index is -2.36. The summed E-state index contributed by atoms with van der Waals surface area (Å²) >= 11 is 0. The molecular weight excluding hydrogens is 162 g/mol. The zero-order valence-corrected chi connectivity index (χ0v) is 7.55. The van der Waals surface area contributed by atoms with Crippen LogP contribution in [-0.2, 0) is 4.74 Å². The van der Waals surface area contributed by atoms with E-state index in [0.29, 0.717) is 13.2 Å². The molecule has 72 valence electrons. The topological polar surface area (TPSA) is 21.3 Å². The van der Waals surface area contributed by atoms with E-state index in [1.165, 1.54) is 25.3 Å². The highest BCUT2D eigenvalue weighted by molar-refractivity contribution is 5.56. The Hall–Kier alpha value is -1.02. The Morgan fingerprint density at radius 2 is 2.08 bits per heavy atom. The summed E-state index contributed by atoms with van der Waals surface area (Å²) < 4.78 is 49.7. The fourth-order valence-electron chi connectivity index (χ4n) is 1.02. The molecule has 1 rings (SSSR count).